The summed E-state index contributed by atoms with van der Waals surface area (Å²) in [5, 5.41) is 0.556. The molecule has 1 aliphatic heterocycles. The number of rotatable bonds is 5. The zero-order valence-electron chi connectivity index (χ0n) is 15.9. The van der Waals surface area contributed by atoms with Crippen LogP contribution in [0.1, 0.15) is 23.1 Å². The van der Waals surface area contributed by atoms with E-state index in [-0.39, 0.29) is 24.2 Å². The average molecular weight is 386 g/mol. The Kier molecular flexibility index (Phi) is 5.80. The van der Waals surface area contributed by atoms with E-state index in [9.17, 15) is 9.59 Å². The van der Waals surface area contributed by atoms with Gasteiger partial charge in [0.05, 0.1) is 16.6 Å². The predicted octanol–water partition coefficient (Wildman–Crippen LogP) is 3.41. The molecule has 0 bridgehead atoms. The lowest BCUT2D eigenvalue weighted by atomic mass is 10.1. The molecule has 6 heteroatoms. The van der Waals surface area contributed by atoms with E-state index < -0.39 is 0 Å². The highest BCUT2D eigenvalue weighted by atomic mass is 35.5. The van der Waals surface area contributed by atoms with Gasteiger partial charge in [0.25, 0.3) is 0 Å². The molecule has 3 rings (SSSR count). The zero-order chi connectivity index (χ0) is 19.6. The molecule has 1 unspecified atom stereocenters. The molecule has 27 heavy (non-hydrogen) atoms. The molecular weight excluding hydrogens is 362 g/mol. The van der Waals surface area contributed by atoms with Crippen LogP contribution in [0.4, 0.5) is 5.69 Å². The molecule has 2 aromatic rings. The molecule has 1 aromatic carbocycles. The van der Waals surface area contributed by atoms with E-state index in [1.807, 2.05) is 38.1 Å². The van der Waals surface area contributed by atoms with Crippen LogP contribution in [-0.4, -0.2) is 41.8 Å². The van der Waals surface area contributed by atoms with Crippen LogP contribution in [0.2, 0.25) is 5.02 Å². The summed E-state index contributed by atoms with van der Waals surface area (Å²) >= 11 is 6.39. The number of nitrogens with zero attached hydrogens (tertiary/aromatic N) is 3. The quantitative estimate of drug-likeness (QED) is 0.792. The zero-order valence-corrected chi connectivity index (χ0v) is 16.7. The molecular formula is C21H24ClN3O2. The van der Waals surface area contributed by atoms with E-state index in [4.69, 9.17) is 11.6 Å². The Bertz CT molecular complexity index is 831. The first kappa shape index (κ1) is 19.4. The summed E-state index contributed by atoms with van der Waals surface area (Å²) in [4.78, 5) is 32.8. The Hall–Kier alpha value is -2.40. The normalized spacial score (nSPS) is 16.7. The lowest BCUT2D eigenvalue weighted by Crippen LogP contribution is -2.36. The second-order valence-corrected chi connectivity index (χ2v) is 7.59. The first-order valence-electron chi connectivity index (χ1n) is 9.08. The van der Waals surface area contributed by atoms with Gasteiger partial charge in [-0.3, -0.25) is 14.6 Å². The van der Waals surface area contributed by atoms with Gasteiger partial charge in [0.15, 0.2) is 0 Å². The lowest BCUT2D eigenvalue weighted by Gasteiger charge is -2.23. The SMILES string of the molecule is Cc1cc(C)c(N2CC(C(=O)N(C)CCc3ccncc3)CC2=O)c(Cl)c1. The summed E-state index contributed by atoms with van der Waals surface area (Å²) in [6.07, 6.45) is 4.48. The molecule has 0 N–H and O–H groups in total. The molecule has 0 radical (unpaired) electrons. The first-order chi connectivity index (χ1) is 12.9. The fraction of sp³-hybridized carbons (Fsp3) is 0.381. The number of benzene rings is 1. The largest absolute Gasteiger partial charge is 0.345 e. The Balaban J connectivity index is 1.67. The number of aryl methyl sites for hydroxylation is 2. The van der Waals surface area contributed by atoms with Gasteiger partial charge in [-0.25, -0.2) is 0 Å². The highest BCUT2D eigenvalue weighted by Crippen LogP contribution is 2.35. The second kappa shape index (κ2) is 8.09. The number of anilines is 1. The second-order valence-electron chi connectivity index (χ2n) is 7.18. The van der Waals surface area contributed by atoms with Crippen LogP contribution in [0, 0.1) is 19.8 Å². The Morgan fingerprint density at radius 1 is 1.30 bits per heavy atom. The molecule has 1 aromatic heterocycles. The number of carbonyl (C=O) groups is 2. The van der Waals surface area contributed by atoms with E-state index in [0.717, 1.165) is 28.8 Å². The van der Waals surface area contributed by atoms with E-state index >= 15 is 0 Å². The van der Waals surface area contributed by atoms with Crippen molar-refractivity contribution in [1.29, 1.82) is 0 Å². The number of pyridine rings is 1. The Morgan fingerprint density at radius 2 is 2.00 bits per heavy atom. The van der Waals surface area contributed by atoms with Crippen LogP contribution in [0.15, 0.2) is 36.7 Å². The van der Waals surface area contributed by atoms with Crippen LogP contribution in [-0.2, 0) is 16.0 Å². The number of likely N-dealkylation sites (N-methyl/N-ethyl adjacent to an activating group) is 1. The van der Waals surface area contributed by atoms with Gasteiger partial charge in [-0.2, -0.15) is 0 Å². The van der Waals surface area contributed by atoms with Gasteiger partial charge < -0.3 is 9.80 Å². The van der Waals surface area contributed by atoms with Crippen LogP contribution in [0.5, 0.6) is 0 Å². The topological polar surface area (TPSA) is 53.5 Å². The molecule has 1 fully saturated rings. The predicted molar refractivity (Wildman–Crippen MR) is 107 cm³/mol. The van der Waals surface area contributed by atoms with Crippen molar-refractivity contribution in [3.8, 4) is 0 Å². The summed E-state index contributed by atoms with van der Waals surface area (Å²) in [6.45, 7) is 4.90. The van der Waals surface area contributed by atoms with Crippen molar-refractivity contribution in [1.82, 2.24) is 9.88 Å². The average Bonchev–Trinajstić information content (AvgIpc) is 3.00. The van der Waals surface area contributed by atoms with Gasteiger partial charge in [-0.15, -0.1) is 0 Å². The third-order valence-electron chi connectivity index (χ3n) is 5.00. The van der Waals surface area contributed by atoms with Crippen molar-refractivity contribution < 1.29 is 9.59 Å². The minimum atomic E-state index is -0.336. The van der Waals surface area contributed by atoms with Crippen LogP contribution < -0.4 is 4.90 Å². The molecule has 0 spiro atoms. The number of hydrogen-bond acceptors (Lipinski definition) is 3. The molecule has 2 amide bonds. The minimum absolute atomic E-state index is 0.000735. The van der Waals surface area contributed by atoms with Crippen molar-refractivity contribution in [3.05, 3.63) is 58.4 Å². The summed E-state index contributed by atoms with van der Waals surface area (Å²) in [5.41, 5.74) is 3.86. The molecule has 0 saturated carbocycles. The smallest absolute Gasteiger partial charge is 0.227 e. The van der Waals surface area contributed by atoms with E-state index in [2.05, 4.69) is 4.98 Å². The monoisotopic (exact) mass is 385 g/mol. The van der Waals surface area contributed by atoms with Crippen LogP contribution in [0.3, 0.4) is 0 Å². The number of carbonyl (C=O) groups excluding carboxylic acids is 2. The minimum Gasteiger partial charge on any atom is -0.345 e. The van der Waals surface area contributed by atoms with Crippen molar-refractivity contribution in [2.45, 2.75) is 26.7 Å². The summed E-state index contributed by atoms with van der Waals surface area (Å²) in [5.74, 6) is -0.387. The molecule has 1 saturated heterocycles. The maximum absolute atomic E-state index is 12.8. The van der Waals surface area contributed by atoms with Crippen molar-refractivity contribution in [2.75, 3.05) is 25.0 Å². The highest BCUT2D eigenvalue weighted by molar-refractivity contribution is 6.34. The first-order valence-corrected chi connectivity index (χ1v) is 9.45. The molecule has 1 aliphatic rings. The number of hydrogen-bond donors (Lipinski definition) is 0. The molecule has 0 aliphatic carbocycles. The summed E-state index contributed by atoms with van der Waals surface area (Å²) in [6, 6.07) is 7.75. The maximum atomic E-state index is 12.8. The van der Waals surface area contributed by atoms with Gasteiger partial charge in [-0.1, -0.05) is 17.7 Å². The number of halogens is 1. The molecule has 2 heterocycles. The fourth-order valence-electron chi connectivity index (χ4n) is 3.61. The van der Waals surface area contributed by atoms with E-state index in [1.54, 1.807) is 29.2 Å². The van der Waals surface area contributed by atoms with Crippen molar-refractivity contribution in [3.63, 3.8) is 0 Å². The van der Waals surface area contributed by atoms with Gasteiger partial charge in [0.2, 0.25) is 11.8 Å². The van der Waals surface area contributed by atoms with Crippen LogP contribution >= 0.6 is 11.6 Å². The van der Waals surface area contributed by atoms with Gasteiger partial charge in [-0.05, 0) is 55.2 Å². The van der Waals surface area contributed by atoms with Crippen molar-refractivity contribution in [2.24, 2.45) is 5.92 Å². The Labute approximate surface area is 164 Å². The van der Waals surface area contributed by atoms with Gasteiger partial charge in [0.1, 0.15) is 0 Å². The van der Waals surface area contributed by atoms with Gasteiger partial charge >= 0.3 is 0 Å². The molecule has 5 nitrogen and oxygen atoms in total. The third kappa shape index (κ3) is 4.30. The van der Waals surface area contributed by atoms with Gasteiger partial charge in [0, 0.05) is 39.0 Å². The fourth-order valence-corrected chi connectivity index (χ4v) is 4.03. The standard InChI is InChI=1S/C21H24ClN3O2/c1-14-10-15(2)20(18(22)11-14)25-13-17(12-19(25)26)21(27)24(3)9-6-16-4-7-23-8-5-16/h4-5,7-8,10-11,17H,6,9,12-13H2,1-3H3. The van der Waals surface area contributed by atoms with E-state index in [0.29, 0.717) is 18.1 Å². The lowest BCUT2D eigenvalue weighted by molar-refractivity contribution is -0.134. The summed E-state index contributed by atoms with van der Waals surface area (Å²) < 4.78 is 0. The summed E-state index contributed by atoms with van der Waals surface area (Å²) in [7, 11) is 1.79. The number of aromatic nitrogens is 1. The van der Waals surface area contributed by atoms with Crippen LogP contribution in [0.25, 0.3) is 0 Å². The Morgan fingerprint density at radius 3 is 2.67 bits per heavy atom. The van der Waals surface area contributed by atoms with E-state index in [1.165, 1.54) is 0 Å². The molecule has 142 valence electrons. The maximum Gasteiger partial charge on any atom is 0.227 e. The number of amides is 2. The highest BCUT2D eigenvalue weighted by Gasteiger charge is 2.37. The molecule has 1 atom stereocenters. The van der Waals surface area contributed by atoms with Crippen molar-refractivity contribution >= 4 is 29.1 Å². The third-order valence-corrected chi connectivity index (χ3v) is 5.29.